The second-order valence-electron chi connectivity index (χ2n) is 10.8. The van der Waals surface area contributed by atoms with E-state index in [4.69, 9.17) is 0 Å². The highest BCUT2D eigenvalue weighted by Gasteiger charge is 2.60. The van der Waals surface area contributed by atoms with Gasteiger partial charge in [0.05, 0.1) is 11.7 Å². The first-order valence-electron chi connectivity index (χ1n) is 14.9. The highest BCUT2D eigenvalue weighted by atomic mass is 16.2. The number of hydrogen-bond donors (Lipinski definition) is 2. The highest BCUT2D eigenvalue weighted by molar-refractivity contribution is 6.21. The van der Waals surface area contributed by atoms with Crippen molar-refractivity contribution in [1.82, 2.24) is 9.99 Å². The van der Waals surface area contributed by atoms with Crippen LogP contribution in [0.25, 0.3) is 0 Å². The van der Waals surface area contributed by atoms with Crippen molar-refractivity contribution < 1.29 is 9.59 Å². The molecular formula is C35H39N5O2. The monoisotopic (exact) mass is 561 g/mol. The summed E-state index contributed by atoms with van der Waals surface area (Å²) in [6, 6.07) is 31.4. The molecule has 7 nitrogen and oxygen atoms in total. The molecule has 0 bridgehead atoms. The standard InChI is InChI=1S/C35H39N5O2/c1-3-5-6-16-25-35(32(41)27-18-10-7-11-19-27)30(4-2)38(29-22-14-9-15-23-29)40(31-24-17-26-37-31)39(34(35)36)33(42)28-20-12-8-13-21-28/h7-15,17-24,26,30,36-37H,3-6,16,25H2,1-2H3. The average Bonchev–Trinajstić information content (AvgIpc) is 3.58. The molecule has 42 heavy (non-hydrogen) atoms. The molecule has 3 aromatic carbocycles. The zero-order chi connectivity index (χ0) is 29.5. The molecule has 0 radical (unpaired) electrons. The topological polar surface area (TPSA) is 83.5 Å². The molecule has 1 aliphatic heterocycles. The average molecular weight is 562 g/mol. The summed E-state index contributed by atoms with van der Waals surface area (Å²) in [5.74, 6) is 0.118. The van der Waals surface area contributed by atoms with Crippen LogP contribution in [0.15, 0.2) is 109 Å². The first-order chi connectivity index (χ1) is 20.5. The summed E-state index contributed by atoms with van der Waals surface area (Å²) in [6.07, 6.45) is 6.65. The lowest BCUT2D eigenvalue weighted by Gasteiger charge is -2.58. The number of Topliss-reactive ketones (excluding diaryl/α,β-unsaturated/α-hetero) is 1. The molecule has 7 heteroatoms. The molecule has 2 N–H and O–H groups in total. The zero-order valence-corrected chi connectivity index (χ0v) is 24.4. The predicted molar refractivity (Wildman–Crippen MR) is 169 cm³/mol. The minimum atomic E-state index is -1.28. The van der Waals surface area contributed by atoms with E-state index >= 15 is 0 Å². The largest absolute Gasteiger partial charge is 0.345 e. The number of benzene rings is 3. The summed E-state index contributed by atoms with van der Waals surface area (Å²) in [5, 5.41) is 15.1. The number of aromatic nitrogens is 1. The molecule has 0 spiro atoms. The van der Waals surface area contributed by atoms with Gasteiger partial charge in [0.25, 0.3) is 5.91 Å². The zero-order valence-electron chi connectivity index (χ0n) is 24.4. The molecule has 2 heterocycles. The van der Waals surface area contributed by atoms with Crippen LogP contribution in [0.3, 0.4) is 0 Å². The molecule has 1 fully saturated rings. The summed E-state index contributed by atoms with van der Waals surface area (Å²) in [6.45, 7) is 4.22. The summed E-state index contributed by atoms with van der Waals surface area (Å²) in [7, 11) is 0. The Bertz CT molecular complexity index is 1470. The SMILES string of the molecule is CCCCCCC1(C(=O)c2ccccc2)C(=N)N(C(=O)c2ccccc2)N(c2ccc[nH]2)N(c2ccccc2)C1CC. The number of amides is 1. The maximum Gasteiger partial charge on any atom is 0.279 e. The molecule has 2 unspecified atom stereocenters. The minimum Gasteiger partial charge on any atom is -0.345 e. The molecular weight excluding hydrogens is 522 g/mol. The number of hydrazine groups is 2. The van der Waals surface area contributed by atoms with Gasteiger partial charge in [-0.15, -0.1) is 0 Å². The lowest BCUT2D eigenvalue weighted by molar-refractivity contribution is 0.0667. The number of carbonyl (C=O) groups excluding carboxylic acids is 2. The van der Waals surface area contributed by atoms with Crippen molar-refractivity contribution in [3.63, 3.8) is 0 Å². The number of H-pyrrole nitrogens is 1. The Morgan fingerprint density at radius 1 is 0.786 bits per heavy atom. The van der Waals surface area contributed by atoms with Gasteiger partial charge in [0.2, 0.25) is 0 Å². The van der Waals surface area contributed by atoms with Crippen LogP contribution in [0.2, 0.25) is 0 Å². The summed E-state index contributed by atoms with van der Waals surface area (Å²) in [5.41, 5.74) is 0.530. The molecule has 2 atom stereocenters. The van der Waals surface area contributed by atoms with E-state index in [2.05, 4.69) is 18.8 Å². The fraction of sp³-hybridized carbons (Fsp3) is 0.286. The fourth-order valence-electron chi connectivity index (χ4n) is 6.16. The number of aromatic amines is 1. The summed E-state index contributed by atoms with van der Waals surface area (Å²) >= 11 is 0. The maximum absolute atomic E-state index is 14.9. The van der Waals surface area contributed by atoms with Gasteiger partial charge < -0.3 is 4.98 Å². The number of rotatable bonds is 11. The first-order valence-corrected chi connectivity index (χ1v) is 14.9. The van der Waals surface area contributed by atoms with E-state index in [-0.39, 0.29) is 17.5 Å². The number of unbranched alkanes of at least 4 members (excludes halogenated alkanes) is 3. The second kappa shape index (κ2) is 12.9. The lowest BCUT2D eigenvalue weighted by Crippen LogP contribution is -2.75. The fourth-order valence-corrected chi connectivity index (χ4v) is 6.16. The molecule has 0 aliphatic carbocycles. The smallest absolute Gasteiger partial charge is 0.279 e. The Hall–Kier alpha value is -4.65. The van der Waals surface area contributed by atoms with E-state index in [1.54, 1.807) is 23.4 Å². The predicted octanol–water partition coefficient (Wildman–Crippen LogP) is 7.91. The number of nitrogens with zero attached hydrogens (tertiary/aromatic N) is 3. The molecule has 0 saturated carbocycles. The van der Waals surface area contributed by atoms with E-state index in [0.29, 0.717) is 29.8 Å². The van der Waals surface area contributed by atoms with Crippen molar-refractivity contribution in [2.24, 2.45) is 5.41 Å². The third-order valence-electron chi connectivity index (χ3n) is 8.18. The number of anilines is 2. The van der Waals surface area contributed by atoms with Crippen molar-refractivity contribution >= 4 is 29.0 Å². The van der Waals surface area contributed by atoms with Crippen molar-refractivity contribution in [2.75, 3.05) is 10.1 Å². The van der Waals surface area contributed by atoms with Crippen LogP contribution in [0.1, 0.15) is 73.1 Å². The van der Waals surface area contributed by atoms with Crippen molar-refractivity contribution in [2.45, 2.75) is 58.4 Å². The molecule has 1 aromatic heterocycles. The quantitative estimate of drug-likeness (QED) is 0.144. The van der Waals surface area contributed by atoms with E-state index in [1.165, 1.54) is 5.01 Å². The summed E-state index contributed by atoms with van der Waals surface area (Å²) < 4.78 is 0. The van der Waals surface area contributed by atoms with Crippen LogP contribution < -0.4 is 10.1 Å². The van der Waals surface area contributed by atoms with Gasteiger partial charge >= 0.3 is 0 Å². The molecule has 1 aliphatic rings. The lowest BCUT2D eigenvalue weighted by atomic mass is 9.67. The van der Waals surface area contributed by atoms with Crippen LogP contribution in [-0.4, -0.2) is 33.6 Å². The third kappa shape index (κ3) is 5.22. The molecule has 1 amide bonds. The van der Waals surface area contributed by atoms with Crippen LogP contribution in [0.4, 0.5) is 11.5 Å². The number of ketones is 1. The maximum atomic E-state index is 14.9. The first kappa shape index (κ1) is 28.9. The Balaban J connectivity index is 1.78. The van der Waals surface area contributed by atoms with Gasteiger partial charge in [-0.2, -0.15) is 10.1 Å². The normalized spacial score (nSPS) is 18.8. The van der Waals surface area contributed by atoms with Crippen LogP contribution in [-0.2, 0) is 0 Å². The second-order valence-corrected chi connectivity index (χ2v) is 10.8. The van der Waals surface area contributed by atoms with E-state index in [9.17, 15) is 15.0 Å². The van der Waals surface area contributed by atoms with E-state index in [0.717, 1.165) is 31.4 Å². The Kier molecular flexibility index (Phi) is 8.86. The van der Waals surface area contributed by atoms with Crippen LogP contribution in [0.5, 0.6) is 0 Å². The van der Waals surface area contributed by atoms with Gasteiger partial charge in [0, 0.05) is 17.3 Å². The van der Waals surface area contributed by atoms with Crippen LogP contribution in [0, 0.1) is 10.8 Å². The van der Waals surface area contributed by atoms with Gasteiger partial charge in [-0.05, 0) is 49.2 Å². The Morgan fingerprint density at radius 3 is 1.98 bits per heavy atom. The van der Waals surface area contributed by atoms with Gasteiger partial charge in [0.1, 0.15) is 17.1 Å². The molecule has 5 rings (SSSR count). The van der Waals surface area contributed by atoms with Gasteiger partial charge in [-0.25, -0.2) is 0 Å². The number of para-hydroxylation sites is 1. The number of hydrogen-bond acceptors (Lipinski definition) is 5. The van der Waals surface area contributed by atoms with Gasteiger partial charge in [0.15, 0.2) is 5.78 Å². The molecule has 4 aromatic rings. The number of nitrogens with one attached hydrogen (secondary N) is 2. The van der Waals surface area contributed by atoms with Crippen LogP contribution >= 0.6 is 0 Å². The number of carbonyl (C=O) groups is 2. The number of amidine groups is 1. The van der Waals surface area contributed by atoms with E-state index < -0.39 is 11.5 Å². The Labute approximate surface area is 248 Å². The van der Waals surface area contributed by atoms with E-state index in [1.807, 2.05) is 96.0 Å². The minimum absolute atomic E-state index is 0.00432. The third-order valence-corrected chi connectivity index (χ3v) is 8.18. The van der Waals surface area contributed by atoms with Gasteiger partial charge in [-0.3, -0.25) is 20.0 Å². The highest BCUT2D eigenvalue weighted by Crippen LogP contribution is 2.47. The van der Waals surface area contributed by atoms with Crippen molar-refractivity contribution in [1.29, 1.82) is 5.41 Å². The Morgan fingerprint density at radius 2 is 1.40 bits per heavy atom. The molecule has 216 valence electrons. The van der Waals surface area contributed by atoms with Gasteiger partial charge in [-0.1, -0.05) is 106 Å². The summed E-state index contributed by atoms with van der Waals surface area (Å²) in [4.78, 5) is 32.7. The van der Waals surface area contributed by atoms with Crippen molar-refractivity contribution in [3.8, 4) is 0 Å². The molecule has 1 saturated heterocycles. The van der Waals surface area contributed by atoms with Crippen molar-refractivity contribution in [3.05, 3.63) is 120 Å².